The summed E-state index contributed by atoms with van der Waals surface area (Å²) in [6.07, 6.45) is 0.773. The van der Waals surface area contributed by atoms with Crippen molar-refractivity contribution in [1.29, 1.82) is 0 Å². The van der Waals surface area contributed by atoms with Crippen LogP contribution >= 0.6 is 0 Å². The predicted molar refractivity (Wildman–Crippen MR) is 65.7 cm³/mol. The van der Waals surface area contributed by atoms with Crippen LogP contribution in [0.3, 0.4) is 0 Å². The van der Waals surface area contributed by atoms with Crippen LogP contribution in [0.15, 0.2) is 24.3 Å². The SMILES string of the molecule is CCc1c(N)nnn1CCOc1ccc(F)cc1. The first kappa shape index (κ1) is 12.3. The lowest BCUT2D eigenvalue weighted by Crippen LogP contribution is -2.12. The molecule has 0 radical (unpaired) electrons. The van der Waals surface area contributed by atoms with E-state index in [9.17, 15) is 4.39 Å². The van der Waals surface area contributed by atoms with Crippen LogP contribution in [-0.2, 0) is 13.0 Å². The summed E-state index contributed by atoms with van der Waals surface area (Å²) in [6, 6.07) is 5.90. The van der Waals surface area contributed by atoms with Gasteiger partial charge in [-0.3, -0.25) is 0 Å². The lowest BCUT2D eigenvalue weighted by Gasteiger charge is -2.07. The summed E-state index contributed by atoms with van der Waals surface area (Å²) < 4.78 is 19.9. The fourth-order valence-electron chi connectivity index (χ4n) is 1.67. The zero-order valence-electron chi connectivity index (χ0n) is 10.1. The second-order valence-corrected chi connectivity index (χ2v) is 3.80. The van der Waals surface area contributed by atoms with Gasteiger partial charge in [0.05, 0.1) is 12.2 Å². The first-order valence-corrected chi connectivity index (χ1v) is 5.77. The maximum atomic E-state index is 12.7. The molecule has 0 saturated heterocycles. The number of anilines is 1. The number of hydrogen-bond acceptors (Lipinski definition) is 4. The molecule has 0 spiro atoms. The number of nitrogens with zero attached hydrogens (tertiary/aromatic N) is 3. The highest BCUT2D eigenvalue weighted by atomic mass is 19.1. The van der Waals surface area contributed by atoms with Crippen LogP contribution in [0.4, 0.5) is 10.2 Å². The molecule has 0 bridgehead atoms. The van der Waals surface area contributed by atoms with E-state index in [2.05, 4.69) is 10.3 Å². The fraction of sp³-hybridized carbons (Fsp3) is 0.333. The highest BCUT2D eigenvalue weighted by molar-refractivity contribution is 5.32. The Morgan fingerprint density at radius 1 is 1.33 bits per heavy atom. The number of nitrogen functional groups attached to an aromatic ring is 1. The fourth-order valence-corrected chi connectivity index (χ4v) is 1.67. The largest absolute Gasteiger partial charge is 0.492 e. The average molecular weight is 250 g/mol. The van der Waals surface area contributed by atoms with Gasteiger partial charge in [0.2, 0.25) is 0 Å². The minimum atomic E-state index is -0.278. The van der Waals surface area contributed by atoms with E-state index in [0.717, 1.165) is 12.1 Å². The molecule has 2 N–H and O–H groups in total. The molecule has 2 aromatic rings. The van der Waals surface area contributed by atoms with E-state index in [-0.39, 0.29) is 5.82 Å². The average Bonchev–Trinajstić information content (AvgIpc) is 2.72. The van der Waals surface area contributed by atoms with Crippen molar-refractivity contribution in [2.75, 3.05) is 12.3 Å². The minimum Gasteiger partial charge on any atom is -0.492 e. The molecule has 0 unspecified atom stereocenters. The Morgan fingerprint density at radius 2 is 2.06 bits per heavy atom. The van der Waals surface area contributed by atoms with Gasteiger partial charge in [-0.1, -0.05) is 12.1 Å². The molecule has 0 saturated carbocycles. The van der Waals surface area contributed by atoms with Crippen LogP contribution in [0.25, 0.3) is 0 Å². The number of nitrogens with two attached hydrogens (primary N) is 1. The first-order chi connectivity index (χ1) is 8.70. The van der Waals surface area contributed by atoms with E-state index in [1.807, 2.05) is 6.92 Å². The molecule has 2 rings (SSSR count). The number of benzene rings is 1. The van der Waals surface area contributed by atoms with E-state index < -0.39 is 0 Å². The zero-order valence-corrected chi connectivity index (χ0v) is 10.1. The molecule has 0 aliphatic heterocycles. The third kappa shape index (κ3) is 2.77. The molecular weight excluding hydrogens is 235 g/mol. The van der Waals surface area contributed by atoms with Crippen LogP contribution < -0.4 is 10.5 Å². The second-order valence-electron chi connectivity index (χ2n) is 3.80. The van der Waals surface area contributed by atoms with Crippen LogP contribution in [0.5, 0.6) is 5.75 Å². The Kier molecular flexibility index (Phi) is 3.76. The van der Waals surface area contributed by atoms with E-state index in [1.165, 1.54) is 12.1 Å². The van der Waals surface area contributed by atoms with Crippen LogP contribution in [0, 0.1) is 5.82 Å². The van der Waals surface area contributed by atoms with Crippen LogP contribution in [0.2, 0.25) is 0 Å². The first-order valence-electron chi connectivity index (χ1n) is 5.77. The smallest absolute Gasteiger partial charge is 0.169 e. The minimum absolute atomic E-state index is 0.278. The molecule has 96 valence electrons. The Balaban J connectivity index is 1.90. The number of ether oxygens (including phenoxy) is 1. The number of aromatic nitrogens is 3. The molecule has 0 aliphatic rings. The van der Waals surface area contributed by atoms with Gasteiger partial charge < -0.3 is 10.5 Å². The van der Waals surface area contributed by atoms with Crippen molar-refractivity contribution in [1.82, 2.24) is 15.0 Å². The number of halogens is 1. The van der Waals surface area contributed by atoms with Crippen LogP contribution in [0.1, 0.15) is 12.6 Å². The molecule has 0 fully saturated rings. The molecule has 6 heteroatoms. The van der Waals surface area contributed by atoms with Crippen LogP contribution in [-0.4, -0.2) is 21.6 Å². The molecular formula is C12H15FN4O. The van der Waals surface area contributed by atoms with Gasteiger partial charge in [0.1, 0.15) is 18.2 Å². The summed E-state index contributed by atoms with van der Waals surface area (Å²) in [5, 5.41) is 7.74. The molecule has 1 heterocycles. The monoisotopic (exact) mass is 250 g/mol. The van der Waals surface area contributed by atoms with E-state index in [1.54, 1.807) is 16.8 Å². The van der Waals surface area contributed by atoms with Gasteiger partial charge >= 0.3 is 0 Å². The molecule has 1 aromatic heterocycles. The predicted octanol–water partition coefficient (Wildman–Crippen LogP) is 1.64. The highest BCUT2D eigenvalue weighted by Crippen LogP contribution is 2.12. The van der Waals surface area contributed by atoms with E-state index >= 15 is 0 Å². The maximum absolute atomic E-state index is 12.7. The van der Waals surface area contributed by atoms with Crippen molar-refractivity contribution in [3.8, 4) is 5.75 Å². The molecule has 1 aromatic carbocycles. The Labute approximate surface area is 104 Å². The molecule has 5 nitrogen and oxygen atoms in total. The molecule has 0 atom stereocenters. The second kappa shape index (κ2) is 5.48. The van der Waals surface area contributed by atoms with Gasteiger partial charge in [0.25, 0.3) is 0 Å². The van der Waals surface area contributed by atoms with Gasteiger partial charge in [-0.15, -0.1) is 5.10 Å². The summed E-state index contributed by atoms with van der Waals surface area (Å²) in [5.74, 6) is 0.807. The van der Waals surface area contributed by atoms with Crippen molar-refractivity contribution in [3.05, 3.63) is 35.8 Å². The van der Waals surface area contributed by atoms with Gasteiger partial charge in [0.15, 0.2) is 5.82 Å². The van der Waals surface area contributed by atoms with Gasteiger partial charge in [0, 0.05) is 0 Å². The third-order valence-corrected chi connectivity index (χ3v) is 2.59. The van der Waals surface area contributed by atoms with Crippen molar-refractivity contribution in [2.45, 2.75) is 19.9 Å². The van der Waals surface area contributed by atoms with Crippen molar-refractivity contribution in [2.24, 2.45) is 0 Å². The van der Waals surface area contributed by atoms with Gasteiger partial charge in [-0.05, 0) is 30.7 Å². The third-order valence-electron chi connectivity index (χ3n) is 2.59. The summed E-state index contributed by atoms with van der Waals surface area (Å²) in [6.45, 7) is 2.98. The lowest BCUT2D eigenvalue weighted by molar-refractivity contribution is 0.287. The van der Waals surface area contributed by atoms with E-state index in [0.29, 0.717) is 24.7 Å². The summed E-state index contributed by atoms with van der Waals surface area (Å²) >= 11 is 0. The Bertz CT molecular complexity index is 509. The lowest BCUT2D eigenvalue weighted by atomic mass is 10.3. The summed E-state index contributed by atoms with van der Waals surface area (Å²) in [5.41, 5.74) is 6.58. The van der Waals surface area contributed by atoms with E-state index in [4.69, 9.17) is 10.5 Å². The van der Waals surface area contributed by atoms with Gasteiger partial charge in [-0.2, -0.15) is 0 Å². The zero-order chi connectivity index (χ0) is 13.0. The van der Waals surface area contributed by atoms with Crippen molar-refractivity contribution >= 4 is 5.82 Å². The number of rotatable bonds is 5. The van der Waals surface area contributed by atoms with Crippen molar-refractivity contribution < 1.29 is 9.13 Å². The molecule has 18 heavy (non-hydrogen) atoms. The molecule has 0 amide bonds. The summed E-state index contributed by atoms with van der Waals surface area (Å²) in [4.78, 5) is 0. The standard InChI is InChI=1S/C12H15FN4O/c1-2-11-12(14)15-16-17(11)7-8-18-10-5-3-9(13)4-6-10/h3-6H,2,7-8,14H2,1H3. The van der Waals surface area contributed by atoms with Gasteiger partial charge in [-0.25, -0.2) is 9.07 Å². The maximum Gasteiger partial charge on any atom is 0.169 e. The Morgan fingerprint density at radius 3 is 2.72 bits per heavy atom. The topological polar surface area (TPSA) is 66.0 Å². The normalized spacial score (nSPS) is 10.6. The summed E-state index contributed by atoms with van der Waals surface area (Å²) in [7, 11) is 0. The quantitative estimate of drug-likeness (QED) is 0.876. The highest BCUT2D eigenvalue weighted by Gasteiger charge is 2.07. The Hall–Kier alpha value is -2.11. The number of hydrogen-bond donors (Lipinski definition) is 1. The molecule has 0 aliphatic carbocycles. The van der Waals surface area contributed by atoms with Crippen molar-refractivity contribution in [3.63, 3.8) is 0 Å².